The highest BCUT2D eigenvalue weighted by atomic mass is 16.7. The highest BCUT2D eigenvalue weighted by Gasteiger charge is 2.44. The van der Waals surface area contributed by atoms with Crippen molar-refractivity contribution >= 4 is 5.91 Å². The van der Waals surface area contributed by atoms with Crippen molar-refractivity contribution in [3.8, 4) is 0 Å². The molecule has 0 bridgehead atoms. The SMILES string of the molecule is CCCCCCCCCCCCC/C=C/[C@@H](O)[C@H](CO[C@@H]1O[C@H](CO)[C@H](O)[C@H](O)[C@H]1O)NC(=O)CCCCCCCCCCCCCCCCCCC. The molecule has 1 saturated heterocycles. The molecule has 1 aliphatic rings. The number of hydrogen-bond donors (Lipinski definition) is 6. The van der Waals surface area contributed by atoms with Gasteiger partial charge in [0.2, 0.25) is 5.91 Å². The largest absolute Gasteiger partial charge is 0.394 e. The zero-order valence-corrected chi connectivity index (χ0v) is 34.3. The van der Waals surface area contributed by atoms with E-state index in [0.717, 1.165) is 38.5 Å². The van der Waals surface area contributed by atoms with E-state index in [1.807, 2.05) is 6.08 Å². The number of hydrogen-bond acceptors (Lipinski definition) is 8. The zero-order valence-electron chi connectivity index (χ0n) is 34.3. The van der Waals surface area contributed by atoms with Gasteiger partial charge in [0.1, 0.15) is 24.4 Å². The van der Waals surface area contributed by atoms with Gasteiger partial charge in [-0.25, -0.2) is 0 Å². The third-order valence-electron chi connectivity index (χ3n) is 10.9. The van der Waals surface area contributed by atoms with Gasteiger partial charge in [0.05, 0.1) is 25.4 Å². The molecule has 1 aliphatic heterocycles. The number of ether oxygens (including phenoxy) is 2. The first-order valence-corrected chi connectivity index (χ1v) is 22.4. The summed E-state index contributed by atoms with van der Waals surface area (Å²) in [6.45, 7) is 3.77. The summed E-state index contributed by atoms with van der Waals surface area (Å²) in [5.41, 5.74) is 0. The van der Waals surface area contributed by atoms with Crippen molar-refractivity contribution in [2.24, 2.45) is 0 Å². The summed E-state index contributed by atoms with van der Waals surface area (Å²) in [6.07, 6.45) is 32.5. The number of rotatable bonds is 37. The predicted molar refractivity (Wildman–Crippen MR) is 217 cm³/mol. The van der Waals surface area contributed by atoms with E-state index in [1.54, 1.807) is 6.08 Å². The number of allylic oxidation sites excluding steroid dienone is 1. The van der Waals surface area contributed by atoms with Crippen molar-refractivity contribution in [1.82, 2.24) is 5.32 Å². The molecule has 0 saturated carbocycles. The predicted octanol–water partition coefficient (Wildman–Crippen LogP) is 8.95. The van der Waals surface area contributed by atoms with Gasteiger partial charge >= 0.3 is 0 Å². The van der Waals surface area contributed by atoms with Gasteiger partial charge in [-0.15, -0.1) is 0 Å². The second kappa shape index (κ2) is 35.4. The van der Waals surface area contributed by atoms with Gasteiger partial charge in [0.25, 0.3) is 0 Å². The van der Waals surface area contributed by atoms with Gasteiger partial charge in [-0.1, -0.05) is 193 Å². The Hall–Kier alpha value is -1.07. The maximum atomic E-state index is 12.9. The van der Waals surface area contributed by atoms with Crippen molar-refractivity contribution in [2.45, 2.75) is 249 Å². The van der Waals surface area contributed by atoms with Crippen molar-refractivity contribution in [3.63, 3.8) is 0 Å². The third-order valence-corrected chi connectivity index (χ3v) is 10.9. The lowest BCUT2D eigenvalue weighted by Crippen LogP contribution is -2.60. The minimum atomic E-state index is -1.56. The van der Waals surface area contributed by atoms with E-state index in [1.165, 1.54) is 148 Å². The molecule has 0 aromatic heterocycles. The van der Waals surface area contributed by atoms with E-state index in [4.69, 9.17) is 9.47 Å². The van der Waals surface area contributed by atoms with Gasteiger partial charge < -0.3 is 40.3 Å². The van der Waals surface area contributed by atoms with E-state index in [2.05, 4.69) is 19.2 Å². The molecule has 0 spiro atoms. The summed E-state index contributed by atoms with van der Waals surface area (Å²) in [5, 5.41) is 54.1. The van der Waals surface area contributed by atoms with Gasteiger partial charge in [0, 0.05) is 6.42 Å². The minimum absolute atomic E-state index is 0.175. The summed E-state index contributed by atoms with van der Waals surface area (Å²) in [5.74, 6) is -0.175. The first-order valence-electron chi connectivity index (χ1n) is 22.4. The molecule has 0 radical (unpaired) electrons. The van der Waals surface area contributed by atoms with E-state index < -0.39 is 49.5 Å². The Morgan fingerprint density at radius 2 is 1.04 bits per heavy atom. The monoisotopic (exact) mass is 756 g/mol. The quantitative estimate of drug-likeness (QED) is 0.0272. The number of aliphatic hydroxyl groups is 5. The fourth-order valence-corrected chi connectivity index (χ4v) is 7.21. The average molecular weight is 756 g/mol. The Labute approximate surface area is 325 Å². The lowest BCUT2D eigenvalue weighted by molar-refractivity contribution is -0.302. The Bertz CT molecular complexity index is 842. The summed E-state index contributed by atoms with van der Waals surface area (Å²) in [4.78, 5) is 12.9. The molecule has 9 nitrogen and oxygen atoms in total. The number of nitrogens with one attached hydrogen (secondary N) is 1. The van der Waals surface area contributed by atoms with E-state index >= 15 is 0 Å². The third kappa shape index (κ3) is 26.4. The number of unbranched alkanes of at least 4 members (excludes halogenated alkanes) is 27. The normalized spacial score (nSPS) is 21.7. The topological polar surface area (TPSA) is 149 Å². The van der Waals surface area contributed by atoms with Gasteiger partial charge in [-0.05, 0) is 19.3 Å². The number of aliphatic hydroxyl groups excluding tert-OH is 5. The van der Waals surface area contributed by atoms with Crippen LogP contribution in [0.15, 0.2) is 12.2 Å². The lowest BCUT2D eigenvalue weighted by Gasteiger charge is -2.40. The molecule has 314 valence electrons. The second-order valence-corrected chi connectivity index (χ2v) is 15.9. The number of carbonyl (C=O) groups excluding carboxylic acids is 1. The van der Waals surface area contributed by atoms with Crippen molar-refractivity contribution in [3.05, 3.63) is 12.2 Å². The molecule has 6 N–H and O–H groups in total. The molecular formula is C44H85NO8. The van der Waals surface area contributed by atoms with E-state index in [9.17, 15) is 30.3 Å². The number of amides is 1. The molecule has 1 rings (SSSR count). The van der Waals surface area contributed by atoms with E-state index in [0.29, 0.717) is 6.42 Å². The summed E-state index contributed by atoms with van der Waals surface area (Å²) < 4.78 is 11.2. The Kier molecular flexibility index (Phi) is 33.3. The van der Waals surface area contributed by atoms with Crippen molar-refractivity contribution in [1.29, 1.82) is 0 Å². The van der Waals surface area contributed by atoms with Gasteiger partial charge in [-0.2, -0.15) is 0 Å². The molecule has 53 heavy (non-hydrogen) atoms. The zero-order chi connectivity index (χ0) is 38.8. The van der Waals surface area contributed by atoms with Crippen LogP contribution in [-0.4, -0.2) is 87.5 Å². The highest BCUT2D eigenvalue weighted by molar-refractivity contribution is 5.76. The fraction of sp³-hybridized carbons (Fsp3) is 0.932. The molecule has 0 aliphatic carbocycles. The van der Waals surface area contributed by atoms with Crippen LogP contribution in [0.2, 0.25) is 0 Å². The smallest absolute Gasteiger partial charge is 0.220 e. The molecule has 1 fully saturated rings. The minimum Gasteiger partial charge on any atom is -0.394 e. The average Bonchev–Trinajstić information content (AvgIpc) is 3.16. The van der Waals surface area contributed by atoms with Crippen LogP contribution in [0.25, 0.3) is 0 Å². The maximum Gasteiger partial charge on any atom is 0.220 e. The van der Waals surface area contributed by atoms with Crippen LogP contribution in [-0.2, 0) is 14.3 Å². The molecule has 1 heterocycles. The molecule has 9 heteroatoms. The second-order valence-electron chi connectivity index (χ2n) is 15.9. The maximum absolute atomic E-state index is 12.9. The van der Waals surface area contributed by atoms with Gasteiger partial charge in [-0.3, -0.25) is 4.79 Å². The van der Waals surface area contributed by atoms with Crippen molar-refractivity contribution < 1.29 is 39.8 Å². The van der Waals surface area contributed by atoms with Crippen LogP contribution in [0.5, 0.6) is 0 Å². The van der Waals surface area contributed by atoms with Crippen LogP contribution >= 0.6 is 0 Å². The van der Waals surface area contributed by atoms with Crippen LogP contribution in [0.4, 0.5) is 0 Å². The van der Waals surface area contributed by atoms with Crippen LogP contribution in [0, 0.1) is 0 Å². The van der Waals surface area contributed by atoms with E-state index in [-0.39, 0.29) is 12.5 Å². The van der Waals surface area contributed by atoms with Crippen LogP contribution < -0.4 is 5.32 Å². The summed E-state index contributed by atoms with van der Waals surface area (Å²) in [7, 11) is 0. The summed E-state index contributed by atoms with van der Waals surface area (Å²) >= 11 is 0. The molecule has 7 atom stereocenters. The lowest BCUT2D eigenvalue weighted by atomic mass is 9.99. The fourth-order valence-electron chi connectivity index (χ4n) is 7.21. The Morgan fingerprint density at radius 1 is 0.623 bits per heavy atom. The highest BCUT2D eigenvalue weighted by Crippen LogP contribution is 2.23. The van der Waals surface area contributed by atoms with Crippen LogP contribution in [0.1, 0.15) is 206 Å². The molecule has 1 amide bonds. The number of carbonyl (C=O) groups is 1. The molecule has 0 aromatic rings. The van der Waals surface area contributed by atoms with Gasteiger partial charge in [0.15, 0.2) is 6.29 Å². The Balaban J connectivity index is 2.35. The van der Waals surface area contributed by atoms with Crippen LogP contribution in [0.3, 0.4) is 0 Å². The first-order chi connectivity index (χ1) is 25.8. The standard InChI is InChI=1S/C44H85NO8/c1-3-5-7-9-11-13-15-17-18-19-20-22-24-26-28-30-32-34-40(48)45-37(36-52-44-43(51)42(50)41(49)39(35-46)53-44)38(47)33-31-29-27-25-23-21-16-14-12-10-8-6-4-2/h31,33,37-39,41-44,46-47,49-51H,3-30,32,34-36H2,1-2H3,(H,45,48)/b33-31+/t37-,38+,39+,41-,42-,43+,44+/m0/s1. The first kappa shape index (κ1) is 49.9. The van der Waals surface area contributed by atoms with Crippen molar-refractivity contribution in [2.75, 3.05) is 13.2 Å². The molecular weight excluding hydrogens is 670 g/mol. The Morgan fingerprint density at radius 3 is 1.47 bits per heavy atom. The molecule has 0 unspecified atom stereocenters. The molecule has 0 aromatic carbocycles. The summed E-state index contributed by atoms with van der Waals surface area (Å²) in [6, 6.07) is -0.797.